The van der Waals surface area contributed by atoms with E-state index >= 15 is 0 Å². The van der Waals surface area contributed by atoms with Crippen molar-refractivity contribution in [2.45, 2.75) is 38.9 Å². The van der Waals surface area contributed by atoms with E-state index in [2.05, 4.69) is 20.9 Å². The summed E-state index contributed by atoms with van der Waals surface area (Å²) in [7, 11) is -1.17. The number of aromatic nitrogens is 1. The molecule has 17 heavy (non-hydrogen) atoms. The van der Waals surface area contributed by atoms with Gasteiger partial charge in [0.1, 0.15) is 4.60 Å². The number of aliphatic hydroxyl groups is 1. The zero-order valence-corrected chi connectivity index (χ0v) is 12.0. The molecular weight excluding hydrogens is 285 g/mol. The quantitative estimate of drug-likeness (QED) is 0.646. The second-order valence-electron chi connectivity index (χ2n) is 4.92. The van der Waals surface area contributed by atoms with Crippen LogP contribution in [0.15, 0.2) is 22.8 Å². The molecular formula is C11H17BBrNO3. The Labute approximate surface area is 110 Å². The molecule has 0 fully saturated rings. The van der Waals surface area contributed by atoms with Gasteiger partial charge in [0, 0.05) is 0 Å². The molecule has 2 N–H and O–H groups in total. The van der Waals surface area contributed by atoms with Gasteiger partial charge in [-0.1, -0.05) is 6.07 Å². The van der Waals surface area contributed by atoms with Crippen molar-refractivity contribution in [3.63, 3.8) is 0 Å². The van der Waals surface area contributed by atoms with Crippen molar-refractivity contribution in [1.82, 2.24) is 4.98 Å². The number of rotatable bonds is 4. The highest BCUT2D eigenvalue weighted by molar-refractivity contribution is 9.10. The van der Waals surface area contributed by atoms with Crippen LogP contribution in [0.4, 0.5) is 0 Å². The van der Waals surface area contributed by atoms with Crippen LogP contribution in [-0.2, 0) is 4.65 Å². The van der Waals surface area contributed by atoms with Gasteiger partial charge in [-0.15, -0.1) is 0 Å². The number of hydrogen-bond donors (Lipinski definition) is 2. The van der Waals surface area contributed by atoms with Gasteiger partial charge < -0.3 is 14.8 Å². The van der Waals surface area contributed by atoms with E-state index in [0.29, 0.717) is 10.2 Å². The van der Waals surface area contributed by atoms with Crippen LogP contribution in [0, 0.1) is 0 Å². The van der Waals surface area contributed by atoms with Crippen molar-refractivity contribution in [3.05, 3.63) is 22.8 Å². The molecule has 0 aliphatic rings. The van der Waals surface area contributed by atoms with Gasteiger partial charge in [-0.3, -0.25) is 0 Å². The second-order valence-corrected chi connectivity index (χ2v) is 5.74. The van der Waals surface area contributed by atoms with Crippen LogP contribution in [0.2, 0.25) is 0 Å². The van der Waals surface area contributed by atoms with Gasteiger partial charge in [-0.2, -0.15) is 0 Å². The normalized spacial score (nSPS) is 12.6. The van der Waals surface area contributed by atoms with Gasteiger partial charge in [0.2, 0.25) is 0 Å². The molecule has 0 aliphatic carbocycles. The summed E-state index contributed by atoms with van der Waals surface area (Å²) in [5.41, 5.74) is -1.56. The fourth-order valence-corrected chi connectivity index (χ4v) is 1.40. The van der Waals surface area contributed by atoms with Crippen LogP contribution >= 0.6 is 15.9 Å². The minimum absolute atomic E-state index is 0.400. The van der Waals surface area contributed by atoms with Crippen molar-refractivity contribution in [2.24, 2.45) is 0 Å². The topological polar surface area (TPSA) is 62.6 Å². The molecule has 0 spiro atoms. The molecule has 1 aromatic rings. The molecule has 1 rings (SSSR count). The zero-order chi connectivity index (χ0) is 13.3. The van der Waals surface area contributed by atoms with E-state index in [4.69, 9.17) is 4.65 Å². The Bertz CT molecular complexity index is 393. The Morgan fingerprint density at radius 3 is 2.35 bits per heavy atom. The summed E-state index contributed by atoms with van der Waals surface area (Å²) < 4.78 is 6.09. The zero-order valence-electron chi connectivity index (χ0n) is 10.4. The highest BCUT2D eigenvalue weighted by Crippen LogP contribution is 2.25. The molecule has 0 unspecified atom stereocenters. The van der Waals surface area contributed by atoms with Crippen molar-refractivity contribution < 1.29 is 14.8 Å². The van der Waals surface area contributed by atoms with Crippen LogP contribution in [0.1, 0.15) is 27.7 Å². The maximum Gasteiger partial charge on any atom is 0.511 e. The fraction of sp³-hybridized carbons (Fsp3) is 0.545. The van der Waals surface area contributed by atoms with E-state index in [-0.39, 0.29) is 0 Å². The summed E-state index contributed by atoms with van der Waals surface area (Å²) in [4.78, 5) is 4.10. The Morgan fingerprint density at radius 2 is 1.88 bits per heavy atom. The summed E-state index contributed by atoms with van der Waals surface area (Å²) in [6.07, 6.45) is 0. The predicted molar refractivity (Wildman–Crippen MR) is 71.0 cm³/mol. The average Bonchev–Trinajstić information content (AvgIpc) is 2.15. The highest BCUT2D eigenvalue weighted by Gasteiger charge is 2.39. The minimum atomic E-state index is -1.17. The number of nitrogens with zero attached hydrogens (tertiary/aromatic N) is 1. The van der Waals surface area contributed by atoms with Crippen molar-refractivity contribution in [1.29, 1.82) is 0 Å². The number of pyridine rings is 1. The van der Waals surface area contributed by atoms with Crippen LogP contribution in [-0.4, -0.2) is 33.4 Å². The number of halogens is 1. The lowest BCUT2D eigenvalue weighted by atomic mass is 9.80. The first kappa shape index (κ1) is 14.6. The summed E-state index contributed by atoms with van der Waals surface area (Å²) >= 11 is 3.22. The largest absolute Gasteiger partial charge is 0.511 e. The first-order valence-corrected chi connectivity index (χ1v) is 6.13. The molecule has 0 radical (unpaired) electrons. The molecule has 0 atom stereocenters. The van der Waals surface area contributed by atoms with Gasteiger partial charge >= 0.3 is 7.12 Å². The first-order valence-electron chi connectivity index (χ1n) is 5.34. The van der Waals surface area contributed by atoms with E-state index < -0.39 is 18.3 Å². The monoisotopic (exact) mass is 301 g/mol. The lowest BCUT2D eigenvalue weighted by molar-refractivity contribution is -0.0983. The maximum atomic E-state index is 9.93. The third-order valence-corrected chi connectivity index (χ3v) is 3.31. The Balaban J connectivity index is 2.83. The van der Waals surface area contributed by atoms with Crippen LogP contribution in [0.5, 0.6) is 0 Å². The summed E-state index contributed by atoms with van der Waals surface area (Å²) in [6.45, 7) is 6.70. The third-order valence-electron chi connectivity index (χ3n) is 2.87. The standard InChI is InChI=1S/C11H17BBrNO3/c1-10(2,15)11(3,4)17-12(16)8-6-5-7-9(13)14-8/h5-7,15-16H,1-4H3. The minimum Gasteiger partial charge on any atom is -0.422 e. The molecule has 0 saturated carbocycles. The maximum absolute atomic E-state index is 9.93. The van der Waals surface area contributed by atoms with Crippen molar-refractivity contribution >= 4 is 28.6 Å². The molecule has 1 aromatic heterocycles. The molecule has 94 valence electrons. The van der Waals surface area contributed by atoms with E-state index in [1.54, 1.807) is 45.9 Å². The van der Waals surface area contributed by atoms with Crippen LogP contribution in [0.3, 0.4) is 0 Å². The van der Waals surface area contributed by atoms with E-state index in [9.17, 15) is 10.1 Å². The van der Waals surface area contributed by atoms with Crippen LogP contribution in [0.25, 0.3) is 0 Å². The smallest absolute Gasteiger partial charge is 0.422 e. The van der Waals surface area contributed by atoms with Crippen molar-refractivity contribution in [3.8, 4) is 0 Å². The number of hydrogen-bond acceptors (Lipinski definition) is 4. The summed E-state index contributed by atoms with van der Waals surface area (Å²) in [5.74, 6) is 0. The SMILES string of the molecule is CC(C)(O)C(C)(C)OB(O)c1cccc(Br)n1. The van der Waals surface area contributed by atoms with Gasteiger partial charge in [0.25, 0.3) is 0 Å². The van der Waals surface area contributed by atoms with Gasteiger partial charge in [-0.25, -0.2) is 4.98 Å². The molecule has 6 heteroatoms. The lowest BCUT2D eigenvalue weighted by Crippen LogP contribution is -2.53. The first-order chi connectivity index (χ1) is 7.63. The van der Waals surface area contributed by atoms with Gasteiger partial charge in [-0.05, 0) is 55.8 Å². The molecule has 4 nitrogen and oxygen atoms in total. The highest BCUT2D eigenvalue weighted by atomic mass is 79.9. The molecule has 0 aliphatic heterocycles. The molecule has 1 heterocycles. The average molecular weight is 302 g/mol. The van der Waals surface area contributed by atoms with Gasteiger partial charge in [0.05, 0.1) is 16.8 Å². The predicted octanol–water partition coefficient (Wildman–Crippen LogP) is 1.10. The van der Waals surface area contributed by atoms with Gasteiger partial charge in [0.15, 0.2) is 0 Å². The Kier molecular flexibility index (Phi) is 4.35. The van der Waals surface area contributed by atoms with Crippen molar-refractivity contribution in [2.75, 3.05) is 0 Å². The Morgan fingerprint density at radius 1 is 1.29 bits per heavy atom. The third kappa shape index (κ3) is 3.77. The summed E-state index contributed by atoms with van der Waals surface area (Å²) in [5, 5.41) is 19.9. The Hall–Kier alpha value is -0.425. The van der Waals surface area contributed by atoms with Crippen LogP contribution < -0.4 is 5.59 Å². The van der Waals surface area contributed by atoms with E-state index in [1.165, 1.54) is 0 Å². The lowest BCUT2D eigenvalue weighted by Gasteiger charge is -2.38. The van der Waals surface area contributed by atoms with E-state index in [1.807, 2.05) is 0 Å². The summed E-state index contributed by atoms with van der Waals surface area (Å²) in [6, 6.07) is 5.18. The molecule has 0 amide bonds. The fourth-order valence-electron chi connectivity index (χ4n) is 1.05. The molecule has 0 bridgehead atoms. The molecule has 0 aromatic carbocycles. The molecule has 0 saturated heterocycles. The van der Waals surface area contributed by atoms with E-state index in [0.717, 1.165) is 0 Å². The second kappa shape index (κ2) is 5.06.